The third kappa shape index (κ3) is 2.55. The van der Waals surface area contributed by atoms with Crippen molar-refractivity contribution in [2.45, 2.75) is 30.8 Å². The predicted octanol–water partition coefficient (Wildman–Crippen LogP) is 0.506. The average Bonchev–Trinajstić information content (AvgIpc) is 3.32. The number of rotatable bonds is 4. The Bertz CT molecular complexity index is 1040. The lowest BCUT2D eigenvalue weighted by atomic mass is 9.92. The molecule has 0 unspecified atom stereocenters. The number of hydrogen-bond donors (Lipinski definition) is 1. The van der Waals surface area contributed by atoms with Gasteiger partial charge >= 0.3 is 12.3 Å². The highest BCUT2D eigenvalue weighted by molar-refractivity contribution is 5.67. The van der Waals surface area contributed by atoms with Crippen molar-refractivity contribution in [1.29, 1.82) is 5.26 Å². The Morgan fingerprint density at radius 2 is 2.36 bits per heavy atom. The van der Waals surface area contributed by atoms with Crippen molar-refractivity contribution in [1.82, 2.24) is 14.6 Å². The van der Waals surface area contributed by atoms with Crippen LogP contribution in [0.25, 0.3) is 5.52 Å². The Hall–Kier alpha value is -3.59. The van der Waals surface area contributed by atoms with Gasteiger partial charge < -0.3 is 29.4 Å². The third-order valence-electron chi connectivity index (χ3n) is 4.42. The molecule has 4 rings (SSSR count). The van der Waals surface area contributed by atoms with Crippen LogP contribution in [-0.4, -0.2) is 58.4 Å². The van der Waals surface area contributed by atoms with Gasteiger partial charge in [-0.15, -0.1) is 0 Å². The highest BCUT2D eigenvalue weighted by Crippen LogP contribution is 2.46. The maximum Gasteiger partial charge on any atom is 0.509 e. The summed E-state index contributed by atoms with van der Waals surface area (Å²) in [5.41, 5.74) is 4.19. The molecule has 2 saturated heterocycles. The summed E-state index contributed by atoms with van der Waals surface area (Å²) in [6, 6.07) is 3.27. The summed E-state index contributed by atoms with van der Waals surface area (Å²) in [7, 11) is 0. The molecule has 2 N–H and O–H groups in total. The van der Waals surface area contributed by atoms with Crippen molar-refractivity contribution in [2.75, 3.05) is 18.9 Å². The number of fused-ring (bicyclic) bond motifs is 2. The second kappa shape index (κ2) is 6.54. The summed E-state index contributed by atoms with van der Waals surface area (Å²) >= 11 is 0. The monoisotopic (exact) mass is 390 g/mol. The van der Waals surface area contributed by atoms with E-state index in [0.717, 1.165) is 6.33 Å². The maximum absolute atomic E-state index is 11.8. The van der Waals surface area contributed by atoms with Gasteiger partial charge in [0.15, 0.2) is 18.0 Å². The molecule has 0 saturated carbocycles. The van der Waals surface area contributed by atoms with E-state index in [-0.39, 0.29) is 36.3 Å². The van der Waals surface area contributed by atoms with Crippen LogP contribution >= 0.6 is 0 Å². The Kier molecular flexibility index (Phi) is 3.87. The average molecular weight is 390 g/mol. The zero-order chi connectivity index (χ0) is 20.8. The van der Waals surface area contributed by atoms with Crippen LogP contribution in [0.2, 0.25) is 0 Å². The highest BCUT2D eigenvalue weighted by atomic mass is 16.8. The van der Waals surface area contributed by atoms with Crippen LogP contribution in [0.3, 0.4) is 0 Å². The lowest BCUT2D eigenvalue weighted by molar-refractivity contribution is -0.0875. The molecule has 2 fully saturated rings. The number of aromatic nitrogens is 3. The molecule has 0 amide bonds. The molecule has 2 aromatic heterocycles. The summed E-state index contributed by atoms with van der Waals surface area (Å²) in [5, 5.41) is 14.1. The Labute approximate surface area is 159 Å². The molecule has 2 aliphatic heterocycles. The molecular formula is C16H15N5O7. The normalized spacial score (nSPS) is 28.8. The number of nitrogens with zero attached hydrogens (tertiary/aromatic N) is 4. The third-order valence-corrected chi connectivity index (χ3v) is 4.42. The van der Waals surface area contributed by atoms with Gasteiger partial charge in [-0.25, -0.2) is 19.1 Å². The molecule has 4 atom stereocenters. The van der Waals surface area contributed by atoms with Gasteiger partial charge in [0.05, 0.1) is 13.7 Å². The molecule has 28 heavy (non-hydrogen) atoms. The van der Waals surface area contributed by atoms with Crippen LogP contribution in [0.1, 0.15) is 14.0 Å². The molecule has 0 aliphatic carbocycles. The van der Waals surface area contributed by atoms with Gasteiger partial charge in [-0.3, -0.25) is 0 Å². The number of ether oxygens (including phenoxy) is 5. The number of anilines is 1. The van der Waals surface area contributed by atoms with Gasteiger partial charge in [-0.2, -0.15) is 10.4 Å². The fourth-order valence-electron chi connectivity index (χ4n) is 3.27. The van der Waals surface area contributed by atoms with Crippen LogP contribution in [0, 0.1) is 11.3 Å². The van der Waals surface area contributed by atoms with Gasteiger partial charge in [0, 0.05) is 0 Å². The van der Waals surface area contributed by atoms with Crippen molar-refractivity contribution in [3.05, 3.63) is 24.1 Å². The van der Waals surface area contributed by atoms with E-state index in [1.54, 1.807) is 6.92 Å². The maximum atomic E-state index is 11.8. The Balaban J connectivity index is 1.75. The first kappa shape index (κ1) is 16.6. The largest absolute Gasteiger partial charge is 0.509 e. The number of nitrogens with two attached hydrogens (primary N) is 1. The first-order chi connectivity index (χ1) is 13.9. The molecule has 0 bridgehead atoms. The second-order valence-electron chi connectivity index (χ2n) is 5.95. The summed E-state index contributed by atoms with van der Waals surface area (Å²) in [4.78, 5) is 27.1. The quantitative estimate of drug-likeness (QED) is 0.724. The van der Waals surface area contributed by atoms with E-state index in [1.165, 1.54) is 10.6 Å². The number of hydrogen-bond acceptors (Lipinski definition) is 11. The summed E-state index contributed by atoms with van der Waals surface area (Å²) < 4.78 is 35.2. The topological polar surface area (TPSA) is 160 Å². The molecule has 12 nitrogen and oxygen atoms in total. The summed E-state index contributed by atoms with van der Waals surface area (Å²) in [5.74, 6) is 0.0285. The number of nitrogen functional groups attached to an aromatic ring is 1. The van der Waals surface area contributed by atoms with E-state index in [9.17, 15) is 14.9 Å². The van der Waals surface area contributed by atoms with Crippen LogP contribution in [-0.2, 0) is 29.3 Å². The van der Waals surface area contributed by atoms with Gasteiger partial charge in [0.25, 0.3) is 0 Å². The molecule has 0 spiro atoms. The van der Waals surface area contributed by atoms with Crippen LogP contribution in [0.4, 0.5) is 15.4 Å². The fourth-order valence-corrected chi connectivity index (χ4v) is 3.27. The molecule has 2 aromatic rings. The van der Waals surface area contributed by atoms with Crippen LogP contribution in [0.15, 0.2) is 18.4 Å². The number of nitriles is 1. The second-order valence-corrected chi connectivity index (χ2v) is 5.95. The molecular weight excluding hydrogens is 374 g/mol. The minimum Gasteiger partial charge on any atom is -0.435 e. The van der Waals surface area contributed by atoms with Crippen molar-refractivity contribution >= 4 is 23.6 Å². The number of carbonyl (C=O) groups is 2. The SMILES string of the molecule is [2H]c1cc([C@]2(C#N)O[C@H](COC(=O)OCC)[C@H]3OC(=O)O[C@H]32)n2ncnc(N)c12. The van der Waals surface area contributed by atoms with Crippen molar-refractivity contribution in [3.8, 4) is 6.07 Å². The van der Waals surface area contributed by atoms with Gasteiger partial charge in [0.1, 0.15) is 30.6 Å². The van der Waals surface area contributed by atoms with E-state index >= 15 is 0 Å². The van der Waals surface area contributed by atoms with Crippen molar-refractivity contribution in [3.63, 3.8) is 0 Å². The molecule has 0 aromatic carbocycles. The van der Waals surface area contributed by atoms with Crippen LogP contribution in [0.5, 0.6) is 0 Å². The predicted molar refractivity (Wildman–Crippen MR) is 87.7 cm³/mol. The minimum absolute atomic E-state index is 0.0285. The van der Waals surface area contributed by atoms with E-state index in [1.807, 2.05) is 6.07 Å². The molecule has 0 radical (unpaired) electrons. The van der Waals surface area contributed by atoms with E-state index < -0.39 is 36.2 Å². The van der Waals surface area contributed by atoms with Gasteiger partial charge in [0.2, 0.25) is 5.60 Å². The molecule has 2 aliphatic rings. The van der Waals surface area contributed by atoms with E-state index in [4.69, 9.17) is 30.8 Å². The lowest BCUT2D eigenvalue weighted by Crippen LogP contribution is -2.39. The first-order valence-electron chi connectivity index (χ1n) is 8.76. The lowest BCUT2D eigenvalue weighted by Gasteiger charge is -2.24. The standard InChI is InChI=1S/C16H15N5O7/c1-2-24-14(22)25-5-9-11-12(27-15(23)26-11)16(6-17,28-9)10-4-3-8-13(18)19-7-20-21(8)10/h3-4,7,9,11-12H,2,5H2,1H3,(H2,18,19,20)/t9-,11-,12-,16+/m1/s1/i3D. The zero-order valence-electron chi connectivity index (χ0n) is 15.5. The Morgan fingerprint density at radius 3 is 3.11 bits per heavy atom. The van der Waals surface area contributed by atoms with Gasteiger partial charge in [-0.05, 0) is 19.0 Å². The number of carbonyl (C=O) groups excluding carboxylic acids is 2. The Morgan fingerprint density at radius 1 is 1.54 bits per heavy atom. The zero-order valence-corrected chi connectivity index (χ0v) is 14.5. The first-order valence-corrected chi connectivity index (χ1v) is 8.26. The fraction of sp³-hybridized carbons (Fsp3) is 0.438. The highest BCUT2D eigenvalue weighted by Gasteiger charge is 2.65. The van der Waals surface area contributed by atoms with Crippen LogP contribution < -0.4 is 5.73 Å². The minimum atomic E-state index is -1.89. The smallest absolute Gasteiger partial charge is 0.435 e. The molecule has 146 valence electrons. The van der Waals surface area contributed by atoms with Gasteiger partial charge in [-0.1, -0.05) is 0 Å². The van der Waals surface area contributed by atoms with E-state index in [2.05, 4.69) is 10.1 Å². The van der Waals surface area contributed by atoms with Crippen molar-refractivity contribution in [2.24, 2.45) is 0 Å². The summed E-state index contributed by atoms with van der Waals surface area (Å²) in [6.45, 7) is 1.37. The molecule has 4 heterocycles. The molecule has 12 heteroatoms. The summed E-state index contributed by atoms with van der Waals surface area (Å²) in [6.07, 6.45) is -4.02. The van der Waals surface area contributed by atoms with Crippen molar-refractivity contribution < 1.29 is 34.6 Å². The van der Waals surface area contributed by atoms with E-state index in [0.29, 0.717) is 0 Å².